The van der Waals surface area contributed by atoms with E-state index in [1.54, 1.807) is 20.8 Å². The molecule has 3 aliphatic rings. The van der Waals surface area contributed by atoms with Crippen LogP contribution in [0.2, 0.25) is 0 Å². The van der Waals surface area contributed by atoms with Gasteiger partial charge in [0.05, 0.1) is 46.2 Å². The molecule has 0 aliphatic carbocycles. The van der Waals surface area contributed by atoms with Gasteiger partial charge in [0, 0.05) is 215 Å². The van der Waals surface area contributed by atoms with Crippen LogP contribution < -0.4 is 31.9 Å². The number of carboxylic acids is 1. The Morgan fingerprint density at radius 1 is 0.321 bits per heavy atom. The highest BCUT2D eigenvalue weighted by atomic mass is 31.2. The van der Waals surface area contributed by atoms with Crippen molar-refractivity contribution in [1.82, 2.24) is 31.9 Å². The summed E-state index contributed by atoms with van der Waals surface area (Å²) in [6, 6.07) is 0. The first-order valence-corrected chi connectivity index (χ1v) is 49.3. The molecule has 0 aromatic rings. The Labute approximate surface area is 817 Å². The van der Waals surface area contributed by atoms with E-state index in [1.165, 1.54) is 62.3 Å². The van der Waals surface area contributed by atoms with Gasteiger partial charge in [-0.15, -0.1) is 0 Å². The molecule has 48 heteroatoms. The molecule has 3 aliphatic heterocycles. The minimum absolute atomic E-state index is 0.0199. The quantitative estimate of drug-likeness (QED) is 0.0133. The number of hydrogen-bond acceptors (Lipinski definition) is 39. The van der Waals surface area contributed by atoms with Crippen LogP contribution in [0.4, 0.5) is 0 Å². The second-order valence-electron chi connectivity index (χ2n) is 34.4. The van der Waals surface area contributed by atoms with E-state index in [-0.39, 0.29) is 244 Å². The Morgan fingerprint density at radius 2 is 0.607 bits per heavy atom. The van der Waals surface area contributed by atoms with Crippen molar-refractivity contribution in [1.29, 1.82) is 0 Å². The Morgan fingerprint density at radius 3 is 0.914 bits per heavy atom. The number of aliphatic carboxylic acids is 1. The van der Waals surface area contributed by atoms with Crippen molar-refractivity contribution in [3.63, 3.8) is 0 Å². The van der Waals surface area contributed by atoms with Crippen molar-refractivity contribution in [2.45, 2.75) is 324 Å². The van der Waals surface area contributed by atoms with Gasteiger partial charge in [-0.25, -0.2) is 4.57 Å². The van der Waals surface area contributed by atoms with Gasteiger partial charge in [0.1, 0.15) is 68.0 Å². The average molecular weight is 2030 g/mol. The van der Waals surface area contributed by atoms with Gasteiger partial charge in [0.15, 0.2) is 37.2 Å². The third-order valence-electron chi connectivity index (χ3n) is 21.6. The molecule has 8 N–H and O–H groups in total. The van der Waals surface area contributed by atoms with Crippen LogP contribution >= 0.6 is 7.82 Å². The molecular formula is C92H150N6O41P-. The number of phosphoric ester groups is 1. The Balaban J connectivity index is 1.68. The zero-order valence-corrected chi connectivity index (χ0v) is 83.7. The summed E-state index contributed by atoms with van der Waals surface area (Å²) >= 11 is 0. The molecule has 0 aromatic heterocycles. The zero-order valence-electron chi connectivity index (χ0n) is 82.8. The molecule has 6 amide bonds. The van der Waals surface area contributed by atoms with Crippen LogP contribution in [0.15, 0.2) is 0 Å². The summed E-state index contributed by atoms with van der Waals surface area (Å²) in [4.78, 5) is 234. The molecule has 0 spiro atoms. The number of carbonyl (C=O) groups is 18. The van der Waals surface area contributed by atoms with E-state index in [0.29, 0.717) is 77.0 Å². The van der Waals surface area contributed by atoms with Crippen molar-refractivity contribution in [2.24, 2.45) is 23.2 Å². The smallest absolute Gasteiger partial charge is 0.441 e. The number of carboxylic acid groups (broad SMARTS) is 1. The maximum atomic E-state index is 14.2. The third-order valence-corrected chi connectivity index (χ3v) is 22.6. The van der Waals surface area contributed by atoms with Crippen molar-refractivity contribution in [2.75, 3.05) is 125 Å². The highest BCUT2D eigenvalue weighted by molar-refractivity contribution is 7.47. The van der Waals surface area contributed by atoms with Crippen LogP contribution in [0.3, 0.4) is 0 Å². The number of esters is 9. The van der Waals surface area contributed by atoms with Gasteiger partial charge in [-0.3, -0.25) is 90.8 Å². The van der Waals surface area contributed by atoms with E-state index in [4.69, 9.17) is 99.4 Å². The molecule has 0 bridgehead atoms. The van der Waals surface area contributed by atoms with Crippen LogP contribution in [0.1, 0.15) is 250 Å². The van der Waals surface area contributed by atoms with Gasteiger partial charge in [-0.05, 0) is 77.0 Å². The Bertz CT molecular complexity index is 3580. The number of ketones is 2. The average Bonchev–Trinajstić information content (AvgIpc) is 0.802. The lowest BCUT2D eigenvalue weighted by molar-refractivity contribution is -0.288. The Hall–Kier alpha value is -9.39. The number of amides is 6. The van der Waals surface area contributed by atoms with Gasteiger partial charge in [0.25, 0.3) is 0 Å². The normalized spacial score (nSPS) is 21.5. The predicted molar refractivity (Wildman–Crippen MR) is 486 cm³/mol. The summed E-state index contributed by atoms with van der Waals surface area (Å²) in [7, 11) is -4.46. The second kappa shape index (κ2) is 71.1. The highest BCUT2D eigenvalue weighted by Gasteiger charge is 2.52. The molecule has 3 saturated heterocycles. The monoisotopic (exact) mass is 2030 g/mol. The summed E-state index contributed by atoms with van der Waals surface area (Å²) in [6.45, 7) is 15.8. The second-order valence-corrected chi connectivity index (χ2v) is 35.8. The fourth-order valence-corrected chi connectivity index (χ4v) is 15.5. The molecule has 3 fully saturated rings. The van der Waals surface area contributed by atoms with Crippen LogP contribution in [0, 0.1) is 29.8 Å². The number of nitrogens with one attached hydrogen (secondary N) is 6. The highest BCUT2D eigenvalue weighted by Crippen LogP contribution is 2.45. The maximum absolute atomic E-state index is 14.2. The molecule has 3 heterocycles. The number of unbranched alkanes of at least 4 members (excludes halogenated alkanes) is 6. The van der Waals surface area contributed by atoms with Crippen molar-refractivity contribution in [3.8, 4) is 0 Å². The predicted octanol–water partition coefficient (Wildman–Crippen LogP) is 4.79. The lowest BCUT2D eigenvalue weighted by Crippen LogP contribution is -2.58. The van der Waals surface area contributed by atoms with E-state index in [1.807, 2.05) is 0 Å². The number of phosphoric acid groups is 1. The van der Waals surface area contributed by atoms with Crippen LogP contribution in [0.25, 0.3) is 0 Å². The van der Waals surface area contributed by atoms with Crippen LogP contribution in [-0.2, 0) is 185 Å². The van der Waals surface area contributed by atoms with Gasteiger partial charge in [0.2, 0.25) is 35.4 Å². The van der Waals surface area contributed by atoms with E-state index < -0.39 is 182 Å². The number of hydrogen-bond donors (Lipinski definition) is 8. The van der Waals surface area contributed by atoms with E-state index in [0.717, 1.165) is 6.61 Å². The molecule has 140 heavy (non-hydrogen) atoms. The van der Waals surface area contributed by atoms with E-state index in [2.05, 4.69) is 31.9 Å². The first kappa shape index (κ1) is 125. The van der Waals surface area contributed by atoms with Crippen molar-refractivity contribution >= 4 is 115 Å². The topological polar surface area (TPSA) is 622 Å². The number of carbonyl (C=O) groups excluding carboxylic acids is 17. The van der Waals surface area contributed by atoms with Gasteiger partial charge < -0.3 is 132 Å². The van der Waals surface area contributed by atoms with Crippen LogP contribution in [0.5, 0.6) is 0 Å². The Kier molecular flexibility index (Phi) is 63.4. The fourth-order valence-electron chi connectivity index (χ4n) is 14.8. The van der Waals surface area contributed by atoms with Gasteiger partial charge in [-0.2, -0.15) is 13.0 Å². The summed E-state index contributed by atoms with van der Waals surface area (Å²) in [5.74, 6) is -11.3. The zero-order chi connectivity index (χ0) is 104. The summed E-state index contributed by atoms with van der Waals surface area (Å²) in [5, 5.41) is 25.6. The molecule has 0 radical (unpaired) electrons. The first-order chi connectivity index (χ1) is 66.5. The SMILES string of the molecule is CC(=O)OC[C@H]1O[C@@H](OCCCCC(=O)NCCCNC(=O)CCOCC(COCCC(=O)NCCCNC(=O)CCCCO[C@@H]2O[C@H](COC(C)=O)[C@H](OC(C)=O)[C@H](OC(C)=O)[C@H]2C)(COCCC(=O)NCCCNC(=O)CCCCO[C@@H]2O[C@H](COC(C)=O)[C@H](OC(C)=O)[C@H](OC(C)=O)[C@H]2C)CC(=O)CCCC(=O)CCC[CH-]OP(=O)(O)OCCCCCC(=O)O)[C@H](C)[C@@H](OC(C)=O)[C@H]1OC(C)=O. The summed E-state index contributed by atoms with van der Waals surface area (Å²) in [6.07, 6.45) is -7.79. The number of ether oxygens (including phenoxy) is 18. The van der Waals surface area contributed by atoms with E-state index >= 15 is 0 Å². The molecule has 16 atom stereocenters. The molecule has 1 unspecified atom stereocenters. The number of rotatable bonds is 76. The summed E-state index contributed by atoms with van der Waals surface area (Å²) < 4.78 is 125. The third kappa shape index (κ3) is 57.0. The fraction of sp³-hybridized carbons (Fsp3) is 0.793. The molecular weight excluding hydrogens is 1880 g/mol. The summed E-state index contributed by atoms with van der Waals surface area (Å²) in [5.41, 5.74) is -1.34. The molecule has 0 saturated carbocycles. The largest absolute Gasteiger partial charge is 0.481 e. The molecule has 800 valence electrons. The van der Waals surface area contributed by atoms with Crippen molar-refractivity contribution < 1.29 is 195 Å². The molecule has 47 nitrogen and oxygen atoms in total. The first-order valence-electron chi connectivity index (χ1n) is 47.8. The lowest BCUT2D eigenvalue weighted by Gasteiger charge is -2.43. The van der Waals surface area contributed by atoms with Gasteiger partial charge >= 0.3 is 67.5 Å². The maximum Gasteiger partial charge on any atom is 0.441 e. The molecule has 3 rings (SSSR count). The van der Waals surface area contributed by atoms with E-state index in [9.17, 15) is 95.8 Å². The molecule has 0 aromatic carbocycles. The lowest BCUT2D eigenvalue weighted by atomic mass is 9.83. The van der Waals surface area contributed by atoms with Crippen molar-refractivity contribution in [3.05, 3.63) is 6.61 Å². The standard InChI is InChI=1S/C92H150N6O41P/c1-59-83(131-65(7)102)86(134-68(10)105)73(53-126-62(4)99)137-89(59)123-44-20-16-31-76(110)93-38-25-41-96-79(113)35-49-120-56-92(52-72(109)30-24-29-71(108)28-15-23-48-130-140(118,119)129-47-19-13-14-34-82(116)117,57-121-50-36-80(114)97-42-26-39-94-77(111)32-17-21-45-124-90-60(2)84(132-66(8)103)87(135-69(11)106)74(138-90)54-127-63(5)100)58-122-51-37-81(115)98-43-27-40-95-78(112)33-18-22-46-125-91-61(3)85(133-67(9)104)88(136-70(12)107)75(139-91)55-128-64(6)101/h48,59-61,73-75,83-91H,13-47,49-58H2,1-12H3,(H,93,110)(H,94,111)(H,95,112)(H,96,113)(H,97,114)(H,98,115)(H,116,117)(H,118,119)/q-1/t59-,60-,61-,73-,74-,75-,83-,84-,85-,86+,87+,88+,89-,90-,91-/m1/s1. The minimum atomic E-state index is -4.46. The number of Topliss-reactive ketones (excluding diaryl/α,β-unsaturated/α-hetero) is 2. The minimum Gasteiger partial charge on any atom is -0.481 e. The van der Waals surface area contributed by atoms with Crippen LogP contribution in [-0.4, -0.2) is 316 Å². The van der Waals surface area contributed by atoms with Gasteiger partial charge in [-0.1, -0.05) is 33.6 Å².